The molecule has 2 aromatic carbocycles. The third-order valence-electron chi connectivity index (χ3n) is 4.72. The minimum atomic E-state index is -1.18. The average Bonchev–Trinajstić information content (AvgIpc) is 3.07. The van der Waals surface area contributed by atoms with Crippen LogP contribution in [-0.4, -0.2) is 38.2 Å². The van der Waals surface area contributed by atoms with Gasteiger partial charge in [0.05, 0.1) is 23.5 Å². The summed E-state index contributed by atoms with van der Waals surface area (Å²) in [6.07, 6.45) is 0.401. The first-order valence-corrected chi connectivity index (χ1v) is 8.97. The number of hydrogen-bond acceptors (Lipinski definition) is 3. The van der Waals surface area contributed by atoms with Gasteiger partial charge in [0.15, 0.2) is 5.69 Å². The van der Waals surface area contributed by atoms with Crippen molar-refractivity contribution in [1.82, 2.24) is 14.7 Å². The van der Waals surface area contributed by atoms with Crippen molar-refractivity contribution in [2.24, 2.45) is 0 Å². The number of benzene rings is 2. The van der Waals surface area contributed by atoms with E-state index >= 15 is 0 Å². The maximum atomic E-state index is 14.0. The molecule has 142 valence electrons. The lowest BCUT2D eigenvalue weighted by molar-refractivity contribution is 0.0673. The quantitative estimate of drug-likeness (QED) is 0.730. The molecule has 4 rings (SSSR count). The molecule has 1 N–H and O–H groups in total. The number of aromatic nitrogens is 2. The number of aromatic carboxylic acids is 1. The van der Waals surface area contributed by atoms with Gasteiger partial charge < -0.3 is 10.0 Å². The number of hydrogen-bond donors (Lipinski definition) is 1. The molecule has 0 aliphatic carbocycles. The SMILES string of the molecule is O=C(O)c1nn(-c2ccc(Cl)cc2)c2c1CN(C(=O)c1ccccc1F)CC2. The Hall–Kier alpha value is -3.19. The first kappa shape index (κ1) is 18.2. The highest BCUT2D eigenvalue weighted by Crippen LogP contribution is 2.27. The largest absolute Gasteiger partial charge is 0.476 e. The number of carboxylic acids is 1. The van der Waals surface area contributed by atoms with Crippen LogP contribution in [0, 0.1) is 5.82 Å². The number of carboxylic acid groups (broad SMARTS) is 1. The van der Waals surface area contributed by atoms with Crippen molar-refractivity contribution in [3.63, 3.8) is 0 Å². The summed E-state index contributed by atoms with van der Waals surface area (Å²) in [5.74, 6) is -2.25. The molecule has 0 fully saturated rings. The van der Waals surface area contributed by atoms with E-state index < -0.39 is 17.7 Å². The Balaban J connectivity index is 1.72. The van der Waals surface area contributed by atoms with Crippen LogP contribution in [0.2, 0.25) is 5.02 Å². The molecule has 0 unspecified atom stereocenters. The van der Waals surface area contributed by atoms with Crippen molar-refractivity contribution >= 4 is 23.5 Å². The van der Waals surface area contributed by atoms with E-state index in [1.807, 2.05) is 0 Å². The topological polar surface area (TPSA) is 75.4 Å². The molecule has 1 amide bonds. The number of carbonyl (C=O) groups excluding carboxylic acids is 1. The van der Waals surface area contributed by atoms with Crippen LogP contribution in [-0.2, 0) is 13.0 Å². The number of amides is 1. The zero-order valence-corrected chi connectivity index (χ0v) is 15.4. The average molecular weight is 400 g/mol. The maximum Gasteiger partial charge on any atom is 0.356 e. The first-order chi connectivity index (χ1) is 13.5. The van der Waals surface area contributed by atoms with E-state index in [2.05, 4.69) is 5.10 Å². The Morgan fingerprint density at radius 3 is 2.50 bits per heavy atom. The van der Waals surface area contributed by atoms with Crippen LogP contribution in [0.25, 0.3) is 5.69 Å². The van der Waals surface area contributed by atoms with Crippen LogP contribution in [0.3, 0.4) is 0 Å². The second kappa shape index (κ2) is 7.09. The molecule has 3 aromatic rings. The molecule has 28 heavy (non-hydrogen) atoms. The van der Waals surface area contributed by atoms with Crippen LogP contribution in [0.15, 0.2) is 48.5 Å². The smallest absolute Gasteiger partial charge is 0.356 e. The predicted molar refractivity (Wildman–Crippen MR) is 100 cm³/mol. The second-order valence-corrected chi connectivity index (χ2v) is 6.86. The highest BCUT2D eigenvalue weighted by atomic mass is 35.5. The van der Waals surface area contributed by atoms with Gasteiger partial charge in [0.25, 0.3) is 5.91 Å². The zero-order chi connectivity index (χ0) is 19.8. The van der Waals surface area contributed by atoms with E-state index in [0.717, 1.165) is 5.69 Å². The van der Waals surface area contributed by atoms with Crippen molar-refractivity contribution in [2.45, 2.75) is 13.0 Å². The lowest BCUT2D eigenvalue weighted by Crippen LogP contribution is -2.37. The van der Waals surface area contributed by atoms with Crippen molar-refractivity contribution in [3.05, 3.63) is 81.9 Å². The van der Waals surface area contributed by atoms with Crippen LogP contribution in [0.4, 0.5) is 4.39 Å². The second-order valence-electron chi connectivity index (χ2n) is 6.42. The van der Waals surface area contributed by atoms with E-state index in [-0.39, 0.29) is 17.8 Å². The van der Waals surface area contributed by atoms with E-state index in [9.17, 15) is 19.1 Å². The Morgan fingerprint density at radius 1 is 1.11 bits per heavy atom. The van der Waals surface area contributed by atoms with Gasteiger partial charge in [-0.2, -0.15) is 5.10 Å². The van der Waals surface area contributed by atoms with Gasteiger partial charge in [0.1, 0.15) is 5.82 Å². The molecule has 1 aliphatic heterocycles. The summed E-state index contributed by atoms with van der Waals surface area (Å²) in [6, 6.07) is 12.6. The third kappa shape index (κ3) is 3.14. The molecule has 0 atom stereocenters. The molecular formula is C20H15ClFN3O3. The summed E-state index contributed by atoms with van der Waals surface area (Å²) in [4.78, 5) is 25.9. The number of nitrogens with zero attached hydrogens (tertiary/aromatic N) is 3. The summed E-state index contributed by atoms with van der Waals surface area (Å²) >= 11 is 5.92. The van der Waals surface area contributed by atoms with E-state index in [1.54, 1.807) is 35.0 Å². The van der Waals surface area contributed by atoms with Gasteiger partial charge in [-0.25, -0.2) is 13.9 Å². The number of halogens is 2. The third-order valence-corrected chi connectivity index (χ3v) is 4.97. The lowest BCUT2D eigenvalue weighted by atomic mass is 10.0. The molecule has 2 heterocycles. The minimum absolute atomic E-state index is 0.0343. The molecule has 0 spiro atoms. The summed E-state index contributed by atoms with van der Waals surface area (Å²) in [6.45, 7) is 0.385. The summed E-state index contributed by atoms with van der Waals surface area (Å²) in [7, 11) is 0. The monoisotopic (exact) mass is 399 g/mol. The van der Waals surface area contributed by atoms with Crippen LogP contribution >= 0.6 is 11.6 Å². The van der Waals surface area contributed by atoms with Crippen molar-refractivity contribution in [3.8, 4) is 5.69 Å². The summed E-state index contributed by atoms with van der Waals surface area (Å²) in [5, 5.41) is 14.4. The fourth-order valence-electron chi connectivity index (χ4n) is 3.36. The number of rotatable bonds is 3. The fraction of sp³-hybridized carbons (Fsp3) is 0.150. The fourth-order valence-corrected chi connectivity index (χ4v) is 3.49. The van der Waals surface area contributed by atoms with Crippen molar-refractivity contribution < 1.29 is 19.1 Å². The van der Waals surface area contributed by atoms with Crippen molar-refractivity contribution in [1.29, 1.82) is 0 Å². The Kier molecular flexibility index (Phi) is 4.60. The van der Waals surface area contributed by atoms with Crippen LogP contribution in [0.5, 0.6) is 0 Å². The number of carbonyl (C=O) groups is 2. The molecule has 6 nitrogen and oxygen atoms in total. The predicted octanol–water partition coefficient (Wildman–Crippen LogP) is 3.56. The molecule has 0 bridgehead atoms. The van der Waals surface area contributed by atoms with E-state index in [1.165, 1.54) is 23.1 Å². The number of fused-ring (bicyclic) bond motifs is 1. The molecule has 0 saturated carbocycles. The van der Waals surface area contributed by atoms with E-state index in [4.69, 9.17) is 11.6 Å². The Morgan fingerprint density at radius 2 is 1.82 bits per heavy atom. The highest BCUT2D eigenvalue weighted by Gasteiger charge is 2.31. The van der Waals surface area contributed by atoms with Gasteiger partial charge in [-0.1, -0.05) is 23.7 Å². The molecule has 8 heteroatoms. The van der Waals surface area contributed by atoms with Gasteiger partial charge in [-0.15, -0.1) is 0 Å². The van der Waals surface area contributed by atoms with Gasteiger partial charge in [-0.3, -0.25) is 4.79 Å². The van der Waals surface area contributed by atoms with Gasteiger partial charge in [-0.05, 0) is 36.4 Å². The summed E-state index contributed by atoms with van der Waals surface area (Å²) < 4.78 is 15.6. The molecule has 1 aromatic heterocycles. The van der Waals surface area contributed by atoms with E-state index in [0.29, 0.717) is 29.2 Å². The minimum Gasteiger partial charge on any atom is -0.476 e. The zero-order valence-electron chi connectivity index (χ0n) is 14.6. The highest BCUT2D eigenvalue weighted by molar-refractivity contribution is 6.30. The standard InChI is InChI=1S/C20H15ClFN3O3/c21-12-5-7-13(8-6-12)25-17-9-10-24(11-15(17)18(23-25)20(27)28)19(26)14-3-1-2-4-16(14)22/h1-8H,9-11H2,(H,27,28). The molecule has 1 aliphatic rings. The van der Waals surface area contributed by atoms with Crippen molar-refractivity contribution in [2.75, 3.05) is 6.54 Å². The lowest BCUT2D eigenvalue weighted by Gasteiger charge is -2.28. The maximum absolute atomic E-state index is 14.0. The molecular weight excluding hydrogens is 385 g/mol. The van der Waals surface area contributed by atoms with Crippen LogP contribution < -0.4 is 0 Å². The Labute approximate surface area is 164 Å². The van der Waals surface area contributed by atoms with Gasteiger partial charge in [0.2, 0.25) is 0 Å². The normalized spacial score (nSPS) is 13.3. The van der Waals surface area contributed by atoms with Gasteiger partial charge in [0, 0.05) is 23.6 Å². The van der Waals surface area contributed by atoms with Gasteiger partial charge >= 0.3 is 5.97 Å². The molecule has 0 saturated heterocycles. The molecule has 0 radical (unpaired) electrons. The first-order valence-electron chi connectivity index (χ1n) is 8.59. The van der Waals surface area contributed by atoms with Crippen LogP contribution in [0.1, 0.15) is 32.1 Å². The Bertz CT molecular complexity index is 1080. The summed E-state index contributed by atoms with van der Waals surface area (Å²) in [5.41, 5.74) is 1.71.